The fourth-order valence-electron chi connectivity index (χ4n) is 3.80. The van der Waals surface area contributed by atoms with E-state index in [4.69, 9.17) is 4.74 Å². The van der Waals surface area contributed by atoms with Gasteiger partial charge in [0.1, 0.15) is 0 Å². The van der Waals surface area contributed by atoms with E-state index in [1.54, 1.807) is 24.3 Å². The number of benzene rings is 3. The summed E-state index contributed by atoms with van der Waals surface area (Å²) in [6, 6.07) is 19.3. The Morgan fingerprint density at radius 1 is 0.971 bits per heavy atom. The van der Waals surface area contributed by atoms with Crippen LogP contribution in [-0.2, 0) is 21.3 Å². The molecule has 0 unspecified atom stereocenters. The second kappa shape index (κ2) is 10.4. The molecule has 0 aliphatic carbocycles. The van der Waals surface area contributed by atoms with Gasteiger partial charge in [0.05, 0.1) is 23.8 Å². The molecule has 0 radical (unpaired) electrons. The Morgan fingerprint density at radius 2 is 1.71 bits per heavy atom. The molecule has 0 atom stereocenters. The first kappa shape index (κ1) is 23.9. The quantitative estimate of drug-likeness (QED) is 0.531. The van der Waals surface area contributed by atoms with E-state index >= 15 is 0 Å². The zero-order valence-electron chi connectivity index (χ0n) is 19.4. The molecule has 2 N–H and O–H groups in total. The Kier molecular flexibility index (Phi) is 7.31. The van der Waals surface area contributed by atoms with E-state index in [2.05, 4.69) is 14.9 Å². The van der Waals surface area contributed by atoms with Gasteiger partial charge >= 0.3 is 0 Å². The van der Waals surface area contributed by atoms with Gasteiger partial charge in [0.2, 0.25) is 0 Å². The number of hydrogen-bond acceptors (Lipinski definition) is 5. The first-order valence-corrected chi connectivity index (χ1v) is 12.7. The summed E-state index contributed by atoms with van der Waals surface area (Å²) in [5.41, 5.74) is 4.50. The zero-order valence-corrected chi connectivity index (χ0v) is 20.2. The number of carbonyl (C=O) groups excluding carboxylic acids is 1. The topological polar surface area (TPSA) is 87.7 Å². The third kappa shape index (κ3) is 6.02. The molecule has 7 nitrogen and oxygen atoms in total. The second-order valence-corrected chi connectivity index (χ2v) is 10.2. The van der Waals surface area contributed by atoms with Crippen molar-refractivity contribution in [2.75, 3.05) is 36.3 Å². The summed E-state index contributed by atoms with van der Waals surface area (Å²) in [4.78, 5) is 15.2. The fraction of sp³-hybridized carbons (Fsp3) is 0.269. The minimum atomic E-state index is -3.75. The average Bonchev–Trinajstić information content (AvgIpc) is 2.82. The molecule has 0 saturated carbocycles. The molecule has 0 spiro atoms. The van der Waals surface area contributed by atoms with E-state index in [0.717, 1.165) is 49.5 Å². The molecule has 4 rings (SSSR count). The van der Waals surface area contributed by atoms with Crippen molar-refractivity contribution in [3.8, 4) is 0 Å². The molecular weight excluding hydrogens is 450 g/mol. The summed E-state index contributed by atoms with van der Waals surface area (Å²) in [5.74, 6) is -0.243. The lowest BCUT2D eigenvalue weighted by molar-refractivity contribution is 0.0342. The van der Waals surface area contributed by atoms with Gasteiger partial charge in [0.15, 0.2) is 0 Å². The summed E-state index contributed by atoms with van der Waals surface area (Å²) in [7, 11) is -3.75. The van der Waals surface area contributed by atoms with E-state index in [1.165, 1.54) is 12.1 Å². The number of morpholine rings is 1. The molecule has 1 aliphatic heterocycles. The van der Waals surface area contributed by atoms with Crippen LogP contribution in [0, 0.1) is 13.8 Å². The highest BCUT2D eigenvalue weighted by Gasteiger charge is 2.16. The summed E-state index contributed by atoms with van der Waals surface area (Å²) >= 11 is 0. The van der Waals surface area contributed by atoms with Crippen molar-refractivity contribution in [1.29, 1.82) is 0 Å². The van der Waals surface area contributed by atoms with Crippen molar-refractivity contribution in [3.63, 3.8) is 0 Å². The van der Waals surface area contributed by atoms with Crippen LogP contribution in [-0.4, -0.2) is 45.5 Å². The number of nitrogens with zero attached hydrogens (tertiary/aromatic N) is 1. The molecule has 3 aromatic rings. The first-order valence-electron chi connectivity index (χ1n) is 11.2. The number of nitrogens with one attached hydrogen (secondary N) is 2. The Hall–Kier alpha value is -3.20. The maximum atomic E-state index is 12.8. The van der Waals surface area contributed by atoms with E-state index in [9.17, 15) is 13.2 Å². The number of carbonyl (C=O) groups is 1. The van der Waals surface area contributed by atoms with Gasteiger partial charge in [-0.2, -0.15) is 0 Å². The summed E-state index contributed by atoms with van der Waals surface area (Å²) in [6.45, 7) is 7.75. The minimum absolute atomic E-state index is 0.124. The van der Waals surface area contributed by atoms with Crippen LogP contribution in [0.3, 0.4) is 0 Å². The smallest absolute Gasteiger partial charge is 0.261 e. The predicted octanol–water partition coefficient (Wildman–Crippen LogP) is 4.19. The molecule has 1 aliphatic rings. The van der Waals surface area contributed by atoms with Crippen LogP contribution in [0.15, 0.2) is 71.6 Å². The van der Waals surface area contributed by atoms with Gasteiger partial charge in [0.25, 0.3) is 15.9 Å². The number of anilines is 2. The van der Waals surface area contributed by atoms with Gasteiger partial charge in [-0.3, -0.25) is 14.4 Å². The van der Waals surface area contributed by atoms with Gasteiger partial charge in [-0.15, -0.1) is 0 Å². The Bertz CT molecular complexity index is 1270. The number of aryl methyl sites for hydroxylation is 2. The third-order valence-corrected chi connectivity index (χ3v) is 7.14. The maximum absolute atomic E-state index is 12.8. The summed E-state index contributed by atoms with van der Waals surface area (Å²) in [6.07, 6.45) is 0. The largest absolute Gasteiger partial charge is 0.379 e. The molecule has 3 aromatic carbocycles. The molecule has 0 aromatic heterocycles. The summed E-state index contributed by atoms with van der Waals surface area (Å²) in [5, 5.41) is 2.85. The van der Waals surface area contributed by atoms with Crippen molar-refractivity contribution in [2.45, 2.75) is 25.3 Å². The predicted molar refractivity (Wildman–Crippen MR) is 134 cm³/mol. The zero-order chi connectivity index (χ0) is 24.1. The van der Waals surface area contributed by atoms with Gasteiger partial charge in [0, 0.05) is 30.9 Å². The number of amides is 1. The van der Waals surface area contributed by atoms with E-state index in [1.807, 2.05) is 44.2 Å². The normalized spacial score (nSPS) is 14.5. The maximum Gasteiger partial charge on any atom is 0.261 e. The van der Waals surface area contributed by atoms with Gasteiger partial charge in [-0.1, -0.05) is 24.3 Å². The molecule has 1 fully saturated rings. The van der Waals surface area contributed by atoms with Gasteiger partial charge < -0.3 is 10.1 Å². The lowest BCUT2D eigenvalue weighted by Crippen LogP contribution is -2.35. The van der Waals surface area contributed by atoms with E-state index < -0.39 is 10.0 Å². The number of rotatable bonds is 7. The molecule has 8 heteroatoms. The van der Waals surface area contributed by atoms with Crippen molar-refractivity contribution in [3.05, 3.63) is 89.0 Å². The number of sulfonamides is 1. The van der Waals surface area contributed by atoms with Crippen LogP contribution in [0.4, 0.5) is 11.4 Å². The van der Waals surface area contributed by atoms with Crippen LogP contribution >= 0.6 is 0 Å². The summed E-state index contributed by atoms with van der Waals surface area (Å²) < 4.78 is 33.7. The minimum Gasteiger partial charge on any atom is -0.379 e. The van der Waals surface area contributed by atoms with Crippen molar-refractivity contribution >= 4 is 27.3 Å². The van der Waals surface area contributed by atoms with Crippen LogP contribution in [0.5, 0.6) is 0 Å². The van der Waals surface area contributed by atoms with Gasteiger partial charge in [-0.05, 0) is 73.0 Å². The molecule has 1 saturated heterocycles. The highest BCUT2D eigenvalue weighted by Crippen LogP contribution is 2.22. The van der Waals surface area contributed by atoms with E-state index in [-0.39, 0.29) is 10.8 Å². The standard InChI is InChI=1S/C26H29N3O4S/c1-19-6-7-20(2)25(16-19)28-34(31,32)24-10-8-23(9-11-24)27-26(30)22-5-3-4-21(17-22)18-29-12-14-33-15-13-29/h3-11,16-17,28H,12-15,18H2,1-2H3,(H,27,30). The fourth-order valence-corrected chi connectivity index (χ4v) is 4.92. The van der Waals surface area contributed by atoms with E-state index in [0.29, 0.717) is 16.9 Å². The highest BCUT2D eigenvalue weighted by molar-refractivity contribution is 7.92. The molecule has 1 amide bonds. The third-order valence-electron chi connectivity index (χ3n) is 5.76. The Morgan fingerprint density at radius 3 is 2.44 bits per heavy atom. The van der Waals surface area contributed by atoms with Crippen molar-refractivity contribution in [1.82, 2.24) is 4.90 Å². The lowest BCUT2D eigenvalue weighted by atomic mass is 10.1. The van der Waals surface area contributed by atoms with Crippen LogP contribution in [0.25, 0.3) is 0 Å². The molecule has 0 bridgehead atoms. The molecule has 178 valence electrons. The highest BCUT2D eigenvalue weighted by atomic mass is 32.2. The average molecular weight is 480 g/mol. The molecular formula is C26H29N3O4S. The molecule has 34 heavy (non-hydrogen) atoms. The Balaban J connectivity index is 1.41. The Labute approximate surface area is 200 Å². The second-order valence-electron chi connectivity index (χ2n) is 8.49. The number of ether oxygens (including phenoxy) is 1. The molecule has 1 heterocycles. The van der Waals surface area contributed by atoms with Crippen LogP contribution < -0.4 is 10.0 Å². The number of hydrogen-bond donors (Lipinski definition) is 2. The van der Waals surface area contributed by atoms with Crippen molar-refractivity contribution in [2.24, 2.45) is 0 Å². The monoisotopic (exact) mass is 479 g/mol. The van der Waals surface area contributed by atoms with Crippen LogP contribution in [0.2, 0.25) is 0 Å². The van der Waals surface area contributed by atoms with Crippen molar-refractivity contribution < 1.29 is 17.9 Å². The first-order chi connectivity index (χ1) is 16.3. The van der Waals surface area contributed by atoms with Crippen LogP contribution in [0.1, 0.15) is 27.0 Å². The lowest BCUT2D eigenvalue weighted by Gasteiger charge is -2.26. The van der Waals surface area contributed by atoms with Gasteiger partial charge in [-0.25, -0.2) is 8.42 Å². The SMILES string of the molecule is Cc1ccc(C)c(NS(=O)(=O)c2ccc(NC(=O)c3cccc(CN4CCOCC4)c3)cc2)c1.